The summed E-state index contributed by atoms with van der Waals surface area (Å²) >= 11 is 0. The number of aryl methyl sites for hydroxylation is 2. The van der Waals surface area contributed by atoms with Crippen molar-refractivity contribution in [3.05, 3.63) is 59.2 Å². The van der Waals surface area contributed by atoms with Crippen LogP contribution in [0.2, 0.25) is 0 Å². The highest BCUT2D eigenvalue weighted by molar-refractivity contribution is 7.89. The average molecular weight is 434 g/mol. The van der Waals surface area contributed by atoms with Crippen LogP contribution in [0.25, 0.3) is 0 Å². The van der Waals surface area contributed by atoms with E-state index in [1.807, 2.05) is 19.9 Å². The Bertz CT molecular complexity index is 997. The Balaban J connectivity index is 1.97. The van der Waals surface area contributed by atoms with Crippen LogP contribution in [0.5, 0.6) is 5.75 Å². The number of hydrazine groups is 1. The number of sulfonamides is 1. The fourth-order valence-electron chi connectivity index (χ4n) is 2.91. The monoisotopic (exact) mass is 433 g/mol. The molecule has 0 unspecified atom stereocenters. The van der Waals surface area contributed by atoms with E-state index >= 15 is 0 Å². The minimum atomic E-state index is -3.69. The molecule has 162 valence electrons. The Morgan fingerprint density at radius 2 is 1.60 bits per heavy atom. The Labute approximate surface area is 177 Å². The van der Waals surface area contributed by atoms with Crippen molar-refractivity contribution in [1.29, 1.82) is 0 Å². The van der Waals surface area contributed by atoms with Crippen LogP contribution in [-0.2, 0) is 14.8 Å². The molecule has 0 saturated heterocycles. The zero-order valence-corrected chi connectivity index (χ0v) is 18.4. The van der Waals surface area contributed by atoms with Gasteiger partial charge >= 0.3 is 0 Å². The number of hydrogen-bond donors (Lipinski definition) is 2. The third kappa shape index (κ3) is 6.04. The van der Waals surface area contributed by atoms with Crippen molar-refractivity contribution in [2.45, 2.75) is 32.6 Å². The minimum Gasteiger partial charge on any atom is -0.484 e. The highest BCUT2D eigenvalue weighted by atomic mass is 32.2. The second-order valence-electron chi connectivity index (χ2n) is 6.73. The van der Waals surface area contributed by atoms with Crippen LogP contribution in [0.4, 0.5) is 0 Å². The first-order valence-electron chi connectivity index (χ1n) is 9.57. The molecule has 2 rings (SSSR count). The van der Waals surface area contributed by atoms with Gasteiger partial charge in [-0.05, 0) is 55.3 Å². The number of benzene rings is 2. The van der Waals surface area contributed by atoms with Crippen molar-refractivity contribution in [3.8, 4) is 5.75 Å². The van der Waals surface area contributed by atoms with Crippen LogP contribution in [0.1, 0.15) is 35.3 Å². The van der Waals surface area contributed by atoms with Gasteiger partial charge in [0.2, 0.25) is 10.0 Å². The van der Waals surface area contributed by atoms with E-state index < -0.39 is 21.8 Å². The lowest BCUT2D eigenvalue weighted by Gasteiger charge is -2.18. The van der Waals surface area contributed by atoms with Gasteiger partial charge in [0.25, 0.3) is 11.8 Å². The van der Waals surface area contributed by atoms with Crippen molar-refractivity contribution in [2.24, 2.45) is 0 Å². The van der Waals surface area contributed by atoms with Gasteiger partial charge in [-0.25, -0.2) is 8.42 Å². The summed E-state index contributed by atoms with van der Waals surface area (Å²) in [4.78, 5) is 24.3. The van der Waals surface area contributed by atoms with Gasteiger partial charge in [0, 0.05) is 18.7 Å². The Morgan fingerprint density at radius 1 is 0.967 bits per heavy atom. The first-order chi connectivity index (χ1) is 14.2. The van der Waals surface area contributed by atoms with Gasteiger partial charge in [-0.2, -0.15) is 4.31 Å². The van der Waals surface area contributed by atoms with Gasteiger partial charge in [-0.1, -0.05) is 26.0 Å². The maximum atomic E-state index is 12.6. The number of ether oxygens (including phenoxy) is 1. The zero-order chi connectivity index (χ0) is 22.3. The normalized spacial score (nSPS) is 11.2. The van der Waals surface area contributed by atoms with E-state index in [-0.39, 0.29) is 17.1 Å². The topological polar surface area (TPSA) is 105 Å². The Hall–Kier alpha value is -2.91. The standard InChI is InChI=1S/C21H27N3O5S/c1-5-24(6-2)30(27,28)19-9-7-8-17(13-19)21(26)23-22-20(25)14-29-18-11-15(3)10-16(4)12-18/h7-13H,5-6,14H2,1-4H3,(H,22,25)(H,23,26). The summed E-state index contributed by atoms with van der Waals surface area (Å²) in [6.45, 7) is 7.71. The summed E-state index contributed by atoms with van der Waals surface area (Å²) in [5.74, 6) is -0.621. The Kier molecular flexibility index (Phi) is 7.96. The predicted molar refractivity (Wildman–Crippen MR) is 114 cm³/mol. The molecule has 0 radical (unpaired) electrons. The summed E-state index contributed by atoms with van der Waals surface area (Å²) in [7, 11) is -3.69. The maximum absolute atomic E-state index is 12.6. The van der Waals surface area contributed by atoms with Crippen LogP contribution < -0.4 is 15.6 Å². The first kappa shape index (κ1) is 23.4. The lowest BCUT2D eigenvalue weighted by Crippen LogP contribution is -2.43. The summed E-state index contributed by atoms with van der Waals surface area (Å²) < 4.78 is 32.0. The smallest absolute Gasteiger partial charge is 0.276 e. The molecule has 0 atom stereocenters. The van der Waals surface area contributed by atoms with E-state index in [1.165, 1.54) is 28.6 Å². The molecule has 9 heteroatoms. The second kappa shape index (κ2) is 10.2. The van der Waals surface area contributed by atoms with Crippen molar-refractivity contribution < 1.29 is 22.7 Å². The molecule has 0 aliphatic rings. The molecule has 0 fully saturated rings. The van der Waals surface area contributed by atoms with Crippen molar-refractivity contribution >= 4 is 21.8 Å². The molecule has 2 N–H and O–H groups in total. The summed E-state index contributed by atoms with van der Waals surface area (Å²) in [5, 5.41) is 0. The number of carbonyl (C=O) groups excluding carboxylic acids is 2. The average Bonchev–Trinajstić information content (AvgIpc) is 2.70. The third-order valence-corrected chi connectivity index (χ3v) is 6.37. The molecule has 0 spiro atoms. The highest BCUT2D eigenvalue weighted by Crippen LogP contribution is 2.17. The maximum Gasteiger partial charge on any atom is 0.276 e. The van der Waals surface area contributed by atoms with Gasteiger partial charge in [0.15, 0.2) is 6.61 Å². The molecule has 0 aliphatic heterocycles. The summed E-state index contributed by atoms with van der Waals surface area (Å²) in [5.41, 5.74) is 6.66. The van der Waals surface area contributed by atoms with Crippen LogP contribution in [-0.4, -0.2) is 44.2 Å². The van der Waals surface area contributed by atoms with Crippen LogP contribution in [0.3, 0.4) is 0 Å². The van der Waals surface area contributed by atoms with Crippen molar-refractivity contribution in [3.63, 3.8) is 0 Å². The van der Waals surface area contributed by atoms with Gasteiger partial charge in [0.1, 0.15) is 5.75 Å². The number of carbonyl (C=O) groups is 2. The Morgan fingerprint density at radius 3 is 2.20 bits per heavy atom. The summed E-state index contributed by atoms with van der Waals surface area (Å²) in [6, 6.07) is 11.3. The SMILES string of the molecule is CCN(CC)S(=O)(=O)c1cccc(C(=O)NNC(=O)COc2cc(C)cc(C)c2)c1. The number of nitrogens with zero attached hydrogens (tertiary/aromatic N) is 1. The van der Waals surface area contributed by atoms with Crippen molar-refractivity contribution in [2.75, 3.05) is 19.7 Å². The first-order valence-corrected chi connectivity index (χ1v) is 11.0. The molecule has 0 heterocycles. The second-order valence-corrected chi connectivity index (χ2v) is 8.67. The molecule has 2 amide bonds. The number of rotatable bonds is 8. The zero-order valence-electron chi connectivity index (χ0n) is 17.6. The molecular weight excluding hydrogens is 406 g/mol. The predicted octanol–water partition coefficient (Wildman–Crippen LogP) is 2.17. The minimum absolute atomic E-state index is 0.0170. The number of amides is 2. The number of hydrogen-bond acceptors (Lipinski definition) is 5. The lowest BCUT2D eigenvalue weighted by atomic mass is 10.1. The molecule has 2 aromatic carbocycles. The van der Waals surface area contributed by atoms with Crippen molar-refractivity contribution in [1.82, 2.24) is 15.2 Å². The summed E-state index contributed by atoms with van der Waals surface area (Å²) in [6.07, 6.45) is 0. The molecule has 0 aliphatic carbocycles. The fourth-order valence-corrected chi connectivity index (χ4v) is 4.41. The molecular formula is C21H27N3O5S. The molecule has 0 aromatic heterocycles. The quantitative estimate of drug-likeness (QED) is 0.621. The molecule has 0 bridgehead atoms. The van der Waals surface area contributed by atoms with Gasteiger partial charge in [0.05, 0.1) is 4.90 Å². The van der Waals surface area contributed by atoms with E-state index in [1.54, 1.807) is 26.0 Å². The largest absolute Gasteiger partial charge is 0.484 e. The fraction of sp³-hybridized carbons (Fsp3) is 0.333. The van der Waals surface area contributed by atoms with Crippen LogP contribution in [0, 0.1) is 13.8 Å². The molecule has 2 aromatic rings. The van der Waals surface area contributed by atoms with E-state index in [0.29, 0.717) is 18.8 Å². The molecule has 30 heavy (non-hydrogen) atoms. The van der Waals surface area contributed by atoms with E-state index in [4.69, 9.17) is 4.74 Å². The highest BCUT2D eigenvalue weighted by Gasteiger charge is 2.22. The van der Waals surface area contributed by atoms with E-state index in [9.17, 15) is 18.0 Å². The number of nitrogens with one attached hydrogen (secondary N) is 2. The van der Waals surface area contributed by atoms with E-state index in [0.717, 1.165) is 11.1 Å². The van der Waals surface area contributed by atoms with Crippen LogP contribution in [0.15, 0.2) is 47.4 Å². The molecule has 8 nitrogen and oxygen atoms in total. The van der Waals surface area contributed by atoms with Gasteiger partial charge < -0.3 is 4.74 Å². The lowest BCUT2D eigenvalue weighted by molar-refractivity contribution is -0.123. The molecule has 0 saturated carbocycles. The van der Waals surface area contributed by atoms with Crippen LogP contribution >= 0.6 is 0 Å². The van der Waals surface area contributed by atoms with E-state index in [2.05, 4.69) is 10.9 Å². The van der Waals surface area contributed by atoms with Gasteiger partial charge in [-0.15, -0.1) is 0 Å². The van der Waals surface area contributed by atoms with Gasteiger partial charge in [-0.3, -0.25) is 20.4 Å². The third-order valence-electron chi connectivity index (χ3n) is 4.32.